The van der Waals surface area contributed by atoms with Gasteiger partial charge in [0.1, 0.15) is 0 Å². The molecule has 0 saturated heterocycles. The minimum absolute atomic E-state index is 0.776. The van der Waals surface area contributed by atoms with Crippen LogP contribution in [0.25, 0.3) is 0 Å². The standard InChI is InChI=1S/C15H22N2S/c1-11-8-12(9-16-13-6-7-13)10-17-15(11)18-14-4-2-3-5-14/h8,10,13-14,16H,2-7,9H2,1H3. The van der Waals surface area contributed by atoms with E-state index in [2.05, 4.69) is 29.5 Å². The fourth-order valence-corrected chi connectivity index (χ4v) is 3.80. The molecule has 18 heavy (non-hydrogen) atoms. The SMILES string of the molecule is Cc1cc(CNC2CC2)cnc1SC1CCCC1. The molecule has 2 aliphatic rings. The van der Waals surface area contributed by atoms with Gasteiger partial charge in [0, 0.05) is 24.0 Å². The molecule has 1 heterocycles. The highest BCUT2D eigenvalue weighted by Crippen LogP contribution is 2.35. The van der Waals surface area contributed by atoms with Gasteiger partial charge in [0.25, 0.3) is 0 Å². The van der Waals surface area contributed by atoms with Gasteiger partial charge in [-0.3, -0.25) is 0 Å². The number of hydrogen-bond donors (Lipinski definition) is 1. The Morgan fingerprint density at radius 3 is 2.72 bits per heavy atom. The van der Waals surface area contributed by atoms with E-state index in [0.29, 0.717) is 0 Å². The molecule has 1 N–H and O–H groups in total. The van der Waals surface area contributed by atoms with Crippen LogP contribution in [0.3, 0.4) is 0 Å². The van der Waals surface area contributed by atoms with Crippen molar-refractivity contribution in [1.29, 1.82) is 0 Å². The number of nitrogens with one attached hydrogen (secondary N) is 1. The maximum absolute atomic E-state index is 4.66. The molecule has 2 nitrogen and oxygen atoms in total. The first kappa shape index (κ1) is 12.5. The Kier molecular flexibility index (Phi) is 3.90. The summed E-state index contributed by atoms with van der Waals surface area (Å²) < 4.78 is 0. The quantitative estimate of drug-likeness (QED) is 0.876. The number of hydrogen-bond acceptors (Lipinski definition) is 3. The van der Waals surface area contributed by atoms with Crippen LogP contribution in [0.4, 0.5) is 0 Å². The van der Waals surface area contributed by atoms with Crippen LogP contribution in [0.5, 0.6) is 0 Å². The molecule has 1 aromatic heterocycles. The highest BCUT2D eigenvalue weighted by Gasteiger charge is 2.20. The van der Waals surface area contributed by atoms with Crippen molar-refractivity contribution in [2.45, 2.75) is 68.3 Å². The van der Waals surface area contributed by atoms with Gasteiger partial charge in [-0.15, -0.1) is 11.8 Å². The largest absolute Gasteiger partial charge is 0.310 e. The maximum atomic E-state index is 4.66. The number of nitrogens with zero attached hydrogens (tertiary/aromatic N) is 1. The smallest absolute Gasteiger partial charge is 0.0991 e. The summed E-state index contributed by atoms with van der Waals surface area (Å²) in [4.78, 5) is 4.66. The average molecular weight is 262 g/mol. The molecule has 2 fully saturated rings. The highest BCUT2D eigenvalue weighted by atomic mass is 32.2. The van der Waals surface area contributed by atoms with Crippen LogP contribution in [-0.4, -0.2) is 16.3 Å². The molecule has 3 heteroatoms. The fraction of sp³-hybridized carbons (Fsp3) is 0.667. The van der Waals surface area contributed by atoms with E-state index in [1.807, 2.05) is 11.8 Å². The number of aryl methyl sites for hydroxylation is 1. The van der Waals surface area contributed by atoms with Crippen LogP contribution in [0, 0.1) is 6.92 Å². The fourth-order valence-electron chi connectivity index (χ4n) is 2.55. The zero-order valence-corrected chi connectivity index (χ0v) is 11.9. The van der Waals surface area contributed by atoms with E-state index < -0.39 is 0 Å². The van der Waals surface area contributed by atoms with Gasteiger partial charge in [-0.05, 0) is 43.7 Å². The van der Waals surface area contributed by atoms with Crippen molar-refractivity contribution in [3.8, 4) is 0 Å². The molecule has 0 aromatic carbocycles. The lowest BCUT2D eigenvalue weighted by Crippen LogP contribution is -2.15. The van der Waals surface area contributed by atoms with Crippen LogP contribution in [0.15, 0.2) is 17.3 Å². The number of pyridine rings is 1. The summed E-state index contributed by atoms with van der Waals surface area (Å²) in [5.74, 6) is 0. The molecule has 2 saturated carbocycles. The van der Waals surface area contributed by atoms with Crippen LogP contribution in [0.2, 0.25) is 0 Å². The summed E-state index contributed by atoms with van der Waals surface area (Å²) in [6, 6.07) is 3.08. The monoisotopic (exact) mass is 262 g/mol. The predicted molar refractivity (Wildman–Crippen MR) is 76.9 cm³/mol. The summed E-state index contributed by atoms with van der Waals surface area (Å²) in [7, 11) is 0. The van der Waals surface area contributed by atoms with Gasteiger partial charge in [0.2, 0.25) is 0 Å². The summed E-state index contributed by atoms with van der Waals surface area (Å²) in [6.45, 7) is 3.18. The van der Waals surface area contributed by atoms with Gasteiger partial charge in [-0.2, -0.15) is 0 Å². The second-order valence-electron chi connectivity index (χ2n) is 5.65. The molecule has 0 aliphatic heterocycles. The summed E-state index contributed by atoms with van der Waals surface area (Å²) in [5, 5.41) is 5.60. The molecule has 98 valence electrons. The third kappa shape index (κ3) is 3.27. The predicted octanol–water partition coefficient (Wildman–Crippen LogP) is 3.68. The highest BCUT2D eigenvalue weighted by molar-refractivity contribution is 7.99. The van der Waals surface area contributed by atoms with Gasteiger partial charge in [0.05, 0.1) is 5.03 Å². The molecule has 0 radical (unpaired) electrons. The second kappa shape index (κ2) is 5.62. The van der Waals surface area contributed by atoms with Crippen LogP contribution in [-0.2, 0) is 6.54 Å². The van der Waals surface area contributed by atoms with Crippen molar-refractivity contribution in [2.24, 2.45) is 0 Å². The van der Waals surface area contributed by atoms with E-state index in [-0.39, 0.29) is 0 Å². The van der Waals surface area contributed by atoms with Gasteiger partial charge >= 0.3 is 0 Å². The Morgan fingerprint density at radius 2 is 2.06 bits per heavy atom. The Balaban J connectivity index is 1.60. The van der Waals surface area contributed by atoms with Crippen LogP contribution < -0.4 is 5.32 Å². The van der Waals surface area contributed by atoms with Crippen molar-refractivity contribution in [3.05, 3.63) is 23.4 Å². The zero-order chi connectivity index (χ0) is 12.4. The molecule has 1 aromatic rings. The van der Waals surface area contributed by atoms with E-state index in [1.54, 1.807) is 0 Å². The lowest BCUT2D eigenvalue weighted by molar-refractivity contribution is 0.684. The van der Waals surface area contributed by atoms with Crippen molar-refractivity contribution < 1.29 is 0 Å². The molecule has 0 unspecified atom stereocenters. The van der Waals surface area contributed by atoms with Crippen LogP contribution in [0.1, 0.15) is 49.7 Å². The van der Waals surface area contributed by atoms with Crippen molar-refractivity contribution in [3.63, 3.8) is 0 Å². The maximum Gasteiger partial charge on any atom is 0.0991 e. The summed E-state index contributed by atoms with van der Waals surface area (Å²) >= 11 is 1.99. The lowest BCUT2D eigenvalue weighted by atomic mass is 10.2. The third-order valence-corrected chi connectivity index (χ3v) is 5.29. The molecule has 0 atom stereocenters. The van der Waals surface area contributed by atoms with Gasteiger partial charge < -0.3 is 5.32 Å². The van der Waals surface area contributed by atoms with E-state index in [0.717, 1.165) is 17.8 Å². The molecular formula is C15H22N2S. The first-order chi connectivity index (χ1) is 8.81. The molecule has 2 aliphatic carbocycles. The second-order valence-corrected chi connectivity index (χ2v) is 6.93. The van der Waals surface area contributed by atoms with Crippen molar-refractivity contribution in [1.82, 2.24) is 10.3 Å². The Bertz CT molecular complexity index is 409. The van der Waals surface area contributed by atoms with Gasteiger partial charge in [0.15, 0.2) is 0 Å². The minimum Gasteiger partial charge on any atom is -0.310 e. The molecule has 0 spiro atoms. The number of aromatic nitrogens is 1. The van der Waals surface area contributed by atoms with Gasteiger partial charge in [-0.25, -0.2) is 4.98 Å². The van der Waals surface area contributed by atoms with E-state index in [1.165, 1.54) is 54.7 Å². The zero-order valence-electron chi connectivity index (χ0n) is 11.1. The minimum atomic E-state index is 0.776. The molecule has 0 amide bonds. The van der Waals surface area contributed by atoms with E-state index >= 15 is 0 Å². The average Bonchev–Trinajstić information content (AvgIpc) is 3.06. The topological polar surface area (TPSA) is 24.9 Å². The number of thioether (sulfide) groups is 1. The van der Waals surface area contributed by atoms with E-state index in [9.17, 15) is 0 Å². The Hall–Kier alpha value is -0.540. The Labute approximate surface area is 114 Å². The first-order valence-corrected chi connectivity index (χ1v) is 8.05. The first-order valence-electron chi connectivity index (χ1n) is 7.17. The van der Waals surface area contributed by atoms with E-state index in [4.69, 9.17) is 0 Å². The normalized spacial score (nSPS) is 20.5. The molecule has 3 rings (SSSR count). The lowest BCUT2D eigenvalue weighted by Gasteiger charge is -2.11. The molecule has 0 bridgehead atoms. The van der Waals surface area contributed by atoms with Crippen molar-refractivity contribution >= 4 is 11.8 Å². The summed E-state index contributed by atoms with van der Waals surface area (Å²) in [6.07, 6.45) is 10.3. The van der Waals surface area contributed by atoms with Gasteiger partial charge in [-0.1, -0.05) is 18.9 Å². The van der Waals surface area contributed by atoms with Crippen LogP contribution >= 0.6 is 11.8 Å². The Morgan fingerprint density at radius 1 is 1.28 bits per heavy atom. The third-order valence-electron chi connectivity index (χ3n) is 3.84. The summed E-state index contributed by atoms with van der Waals surface area (Å²) in [5.41, 5.74) is 2.68. The number of rotatable bonds is 5. The van der Waals surface area contributed by atoms with Crippen molar-refractivity contribution in [2.75, 3.05) is 0 Å². The molecular weight excluding hydrogens is 240 g/mol.